The second kappa shape index (κ2) is 6.66. The van der Waals surface area contributed by atoms with Crippen LogP contribution >= 0.6 is 0 Å². The molecule has 0 aromatic carbocycles. The van der Waals surface area contributed by atoms with Gasteiger partial charge < -0.3 is 9.47 Å². The summed E-state index contributed by atoms with van der Waals surface area (Å²) in [5.41, 5.74) is -0.616. The topological polar surface area (TPSA) is 55.8 Å². The number of amides is 1. The van der Waals surface area contributed by atoms with E-state index in [1.807, 2.05) is 12.2 Å². The highest BCUT2D eigenvalue weighted by Crippen LogP contribution is 2.44. The van der Waals surface area contributed by atoms with E-state index in [-0.39, 0.29) is 24.1 Å². The molecule has 2 bridgehead atoms. The van der Waals surface area contributed by atoms with Crippen molar-refractivity contribution in [3.8, 4) is 0 Å². The number of hydrogen-bond donors (Lipinski definition) is 0. The summed E-state index contributed by atoms with van der Waals surface area (Å²) in [5.74, 6) is 1.59. The largest absolute Gasteiger partial charge is 0.446 e. The molecule has 5 heteroatoms. The molecule has 1 spiro atoms. The van der Waals surface area contributed by atoms with E-state index in [9.17, 15) is 9.59 Å². The summed E-state index contributed by atoms with van der Waals surface area (Å²) < 4.78 is 12.2. The summed E-state index contributed by atoms with van der Waals surface area (Å²) in [6.45, 7) is 7.22. The standard InChI is InChI=1S/C21H31NO4/c1-13(2)16-6-5-14(3)11-18(16)25-20(24)22-10-4-8-21-9-7-15(26-21)12-17(23)19(21)22/h7,9,13-16,18-19H,4-6,8,10-12H2,1-3H3/t14-,15+,16+,18-,19+,21-/m1/s1. The zero-order valence-electron chi connectivity index (χ0n) is 16.1. The molecule has 3 heterocycles. The molecule has 1 saturated carbocycles. The Kier molecular flexibility index (Phi) is 4.62. The highest BCUT2D eigenvalue weighted by molar-refractivity contribution is 5.91. The molecule has 0 radical (unpaired) electrons. The molecule has 0 aromatic heterocycles. The first-order valence-corrected chi connectivity index (χ1v) is 10.3. The van der Waals surface area contributed by atoms with Gasteiger partial charge in [-0.3, -0.25) is 9.69 Å². The Labute approximate surface area is 156 Å². The summed E-state index contributed by atoms with van der Waals surface area (Å²) in [4.78, 5) is 27.5. The number of likely N-dealkylation sites (tertiary alicyclic amines) is 1. The van der Waals surface area contributed by atoms with Crippen LogP contribution in [0.3, 0.4) is 0 Å². The van der Waals surface area contributed by atoms with Crippen molar-refractivity contribution in [2.45, 2.75) is 83.1 Å². The lowest BCUT2D eigenvalue weighted by Crippen LogP contribution is -2.64. The van der Waals surface area contributed by atoms with Gasteiger partial charge in [0.15, 0.2) is 5.78 Å². The predicted octanol–water partition coefficient (Wildman–Crippen LogP) is 3.71. The number of ketones is 1. The van der Waals surface area contributed by atoms with Gasteiger partial charge in [-0.05, 0) is 43.4 Å². The first-order valence-electron chi connectivity index (χ1n) is 10.3. The molecule has 3 fully saturated rings. The molecule has 144 valence electrons. The summed E-state index contributed by atoms with van der Waals surface area (Å²) in [6, 6.07) is -0.516. The van der Waals surface area contributed by atoms with Crippen LogP contribution in [0.4, 0.5) is 4.79 Å². The summed E-state index contributed by atoms with van der Waals surface area (Å²) >= 11 is 0. The molecule has 4 rings (SSSR count). The normalized spacial score (nSPS) is 42.1. The van der Waals surface area contributed by atoms with Crippen molar-refractivity contribution in [1.29, 1.82) is 0 Å². The average molecular weight is 361 g/mol. The number of nitrogens with zero attached hydrogens (tertiary/aromatic N) is 1. The Bertz CT molecular complexity index is 615. The van der Waals surface area contributed by atoms with Crippen LogP contribution in [-0.2, 0) is 14.3 Å². The van der Waals surface area contributed by atoms with E-state index < -0.39 is 11.6 Å². The van der Waals surface area contributed by atoms with Crippen LogP contribution in [-0.4, -0.2) is 47.2 Å². The smallest absolute Gasteiger partial charge is 0.410 e. The van der Waals surface area contributed by atoms with E-state index in [4.69, 9.17) is 9.47 Å². The predicted molar refractivity (Wildman–Crippen MR) is 97.7 cm³/mol. The highest BCUT2D eigenvalue weighted by atomic mass is 16.6. The van der Waals surface area contributed by atoms with Crippen LogP contribution < -0.4 is 0 Å². The van der Waals surface area contributed by atoms with Crippen molar-refractivity contribution in [2.75, 3.05) is 6.54 Å². The zero-order chi connectivity index (χ0) is 18.5. The first-order chi connectivity index (χ1) is 12.4. The minimum absolute atomic E-state index is 0.0457. The molecule has 0 unspecified atom stereocenters. The quantitative estimate of drug-likeness (QED) is 0.704. The van der Waals surface area contributed by atoms with Crippen molar-refractivity contribution in [1.82, 2.24) is 4.90 Å². The third-order valence-corrected chi connectivity index (χ3v) is 6.86. The van der Waals surface area contributed by atoms with E-state index in [2.05, 4.69) is 20.8 Å². The molecular formula is C21H31NO4. The molecule has 0 N–H and O–H groups in total. The molecule has 26 heavy (non-hydrogen) atoms. The molecule has 2 saturated heterocycles. The molecule has 1 aliphatic carbocycles. The number of rotatable bonds is 2. The Morgan fingerprint density at radius 2 is 2.19 bits per heavy atom. The monoisotopic (exact) mass is 361 g/mol. The number of ether oxygens (including phenoxy) is 2. The lowest BCUT2D eigenvalue weighted by atomic mass is 9.75. The van der Waals surface area contributed by atoms with Gasteiger partial charge in [0.1, 0.15) is 17.7 Å². The van der Waals surface area contributed by atoms with Crippen LogP contribution in [0.25, 0.3) is 0 Å². The van der Waals surface area contributed by atoms with E-state index in [0.717, 1.165) is 25.7 Å². The van der Waals surface area contributed by atoms with E-state index in [1.165, 1.54) is 6.42 Å². The van der Waals surface area contributed by atoms with Crippen LogP contribution in [0.15, 0.2) is 12.2 Å². The molecule has 3 aliphatic heterocycles. The second-order valence-corrected chi connectivity index (χ2v) is 9.09. The molecule has 4 aliphatic rings. The fourth-order valence-corrected chi connectivity index (χ4v) is 5.49. The second-order valence-electron chi connectivity index (χ2n) is 9.09. The van der Waals surface area contributed by atoms with Gasteiger partial charge in [-0.1, -0.05) is 39.3 Å². The Balaban J connectivity index is 1.52. The fraction of sp³-hybridized carbons (Fsp3) is 0.810. The van der Waals surface area contributed by atoms with Gasteiger partial charge >= 0.3 is 6.09 Å². The summed E-state index contributed by atoms with van der Waals surface area (Å²) in [6.07, 6.45) is 8.76. The third-order valence-electron chi connectivity index (χ3n) is 6.86. The lowest BCUT2D eigenvalue weighted by molar-refractivity contribution is -0.161. The van der Waals surface area contributed by atoms with Crippen LogP contribution in [0.1, 0.15) is 59.3 Å². The number of fused-ring (bicyclic) bond motifs is 1. The van der Waals surface area contributed by atoms with E-state index >= 15 is 0 Å². The summed E-state index contributed by atoms with van der Waals surface area (Å²) in [7, 11) is 0. The van der Waals surface area contributed by atoms with Gasteiger partial charge in [-0.15, -0.1) is 0 Å². The van der Waals surface area contributed by atoms with Gasteiger partial charge in [0, 0.05) is 13.0 Å². The summed E-state index contributed by atoms with van der Waals surface area (Å²) in [5, 5.41) is 0. The zero-order valence-corrected chi connectivity index (χ0v) is 16.1. The number of piperidine rings is 1. The number of Topliss-reactive ketones (excluding diaryl/α,β-unsaturated/α-hetero) is 1. The van der Waals surface area contributed by atoms with Crippen molar-refractivity contribution in [3.63, 3.8) is 0 Å². The number of carbonyl (C=O) groups excluding carboxylic acids is 2. The van der Waals surface area contributed by atoms with Crippen molar-refractivity contribution in [2.24, 2.45) is 17.8 Å². The third kappa shape index (κ3) is 2.98. The van der Waals surface area contributed by atoms with Crippen molar-refractivity contribution >= 4 is 11.9 Å². The van der Waals surface area contributed by atoms with Crippen LogP contribution in [0.2, 0.25) is 0 Å². The number of hydrogen-bond acceptors (Lipinski definition) is 4. The average Bonchev–Trinajstić information content (AvgIpc) is 2.90. The van der Waals surface area contributed by atoms with Gasteiger partial charge in [0.25, 0.3) is 0 Å². The maximum absolute atomic E-state index is 13.1. The van der Waals surface area contributed by atoms with Gasteiger partial charge in [0.05, 0.1) is 6.10 Å². The van der Waals surface area contributed by atoms with Gasteiger partial charge in [-0.25, -0.2) is 4.79 Å². The molecule has 0 aromatic rings. The Morgan fingerprint density at radius 1 is 1.38 bits per heavy atom. The SMILES string of the molecule is CC(C)[C@@H]1CC[C@@H](C)C[C@H]1OC(=O)N1CCC[C@@]23C=C[C@@H](CC(=O)[C@H]12)O3. The lowest BCUT2D eigenvalue weighted by Gasteiger charge is -2.48. The van der Waals surface area contributed by atoms with Crippen molar-refractivity contribution in [3.05, 3.63) is 12.2 Å². The molecule has 6 atom stereocenters. The highest BCUT2D eigenvalue weighted by Gasteiger charge is 2.56. The van der Waals surface area contributed by atoms with E-state index in [1.54, 1.807) is 4.90 Å². The Morgan fingerprint density at radius 3 is 2.96 bits per heavy atom. The van der Waals surface area contributed by atoms with Gasteiger partial charge in [-0.2, -0.15) is 0 Å². The van der Waals surface area contributed by atoms with Crippen LogP contribution in [0, 0.1) is 17.8 Å². The molecular weight excluding hydrogens is 330 g/mol. The fourth-order valence-electron chi connectivity index (χ4n) is 5.49. The van der Waals surface area contributed by atoms with Crippen molar-refractivity contribution < 1.29 is 19.1 Å². The maximum Gasteiger partial charge on any atom is 0.410 e. The first kappa shape index (κ1) is 18.0. The molecule has 5 nitrogen and oxygen atoms in total. The minimum atomic E-state index is -0.616. The van der Waals surface area contributed by atoms with Gasteiger partial charge in [0.2, 0.25) is 0 Å². The maximum atomic E-state index is 13.1. The van der Waals surface area contributed by atoms with Crippen LogP contribution in [0.5, 0.6) is 0 Å². The Hall–Kier alpha value is -1.36. The van der Waals surface area contributed by atoms with E-state index in [0.29, 0.717) is 30.7 Å². The molecule has 1 amide bonds. The number of carbonyl (C=O) groups is 2. The minimum Gasteiger partial charge on any atom is -0.446 e.